The molecular formula is C27H30N4O3. The van der Waals surface area contributed by atoms with Gasteiger partial charge in [-0.2, -0.15) is 0 Å². The van der Waals surface area contributed by atoms with Crippen molar-refractivity contribution in [2.24, 2.45) is 5.92 Å². The van der Waals surface area contributed by atoms with Crippen LogP contribution in [0.2, 0.25) is 0 Å². The Labute approximate surface area is 200 Å². The number of hydrogen-bond acceptors (Lipinski definition) is 6. The van der Waals surface area contributed by atoms with Gasteiger partial charge in [-0.15, -0.1) is 0 Å². The summed E-state index contributed by atoms with van der Waals surface area (Å²) in [7, 11) is 3.39. The second-order valence-electron chi connectivity index (χ2n) is 8.76. The quantitative estimate of drug-likeness (QED) is 0.612. The van der Waals surface area contributed by atoms with Gasteiger partial charge < -0.3 is 24.6 Å². The van der Waals surface area contributed by atoms with E-state index in [9.17, 15) is 4.79 Å². The molecule has 1 aromatic heterocycles. The van der Waals surface area contributed by atoms with Crippen molar-refractivity contribution in [2.75, 3.05) is 43.7 Å². The summed E-state index contributed by atoms with van der Waals surface area (Å²) in [6.07, 6.45) is 4.20. The highest BCUT2D eigenvalue weighted by atomic mass is 16.5. The van der Waals surface area contributed by atoms with Crippen LogP contribution in [0.5, 0.6) is 11.5 Å². The number of para-hydroxylation sites is 2. The normalized spacial score (nSPS) is 19.1. The number of piperazine rings is 1. The number of ether oxygens (including phenoxy) is 2. The molecule has 34 heavy (non-hydrogen) atoms. The molecule has 2 aliphatic heterocycles. The molecule has 0 spiro atoms. The third-order valence-corrected chi connectivity index (χ3v) is 6.90. The van der Waals surface area contributed by atoms with Crippen LogP contribution in [0.1, 0.15) is 11.1 Å². The molecule has 2 aromatic carbocycles. The zero-order valence-electron chi connectivity index (χ0n) is 19.6. The lowest BCUT2D eigenvalue weighted by atomic mass is 9.83. The fourth-order valence-electron chi connectivity index (χ4n) is 5.14. The second-order valence-corrected chi connectivity index (χ2v) is 8.76. The Morgan fingerprint density at radius 2 is 1.85 bits per heavy atom. The van der Waals surface area contributed by atoms with E-state index >= 15 is 0 Å². The number of pyridine rings is 1. The Hall–Kier alpha value is -3.74. The van der Waals surface area contributed by atoms with Gasteiger partial charge in [-0.1, -0.05) is 18.2 Å². The Bertz CT molecular complexity index is 1150. The van der Waals surface area contributed by atoms with E-state index in [1.807, 2.05) is 36.4 Å². The van der Waals surface area contributed by atoms with Gasteiger partial charge in [0.2, 0.25) is 5.91 Å². The second kappa shape index (κ2) is 9.63. The number of carbonyl (C=O) groups is 1. The molecule has 0 bridgehead atoms. The minimum atomic E-state index is -0.166. The number of amides is 1. The van der Waals surface area contributed by atoms with Gasteiger partial charge in [-0.05, 0) is 47.9 Å². The molecule has 3 heterocycles. The first-order chi connectivity index (χ1) is 16.7. The van der Waals surface area contributed by atoms with Crippen molar-refractivity contribution in [2.45, 2.75) is 19.0 Å². The molecule has 1 amide bonds. The number of anilines is 2. The maximum atomic E-state index is 13.5. The molecule has 1 N–H and O–H groups in total. The van der Waals surface area contributed by atoms with E-state index < -0.39 is 0 Å². The molecule has 0 aliphatic carbocycles. The SMILES string of the molecule is COc1ccc2c(c1)N1CCN(c3ccccc3OC)C[C@H]1[C@H](C(=O)NCc1ccncc1)C2. The summed E-state index contributed by atoms with van der Waals surface area (Å²) in [6, 6.07) is 18.2. The smallest absolute Gasteiger partial charge is 0.225 e. The van der Waals surface area contributed by atoms with Crippen LogP contribution < -0.4 is 24.6 Å². The molecule has 2 aliphatic rings. The van der Waals surface area contributed by atoms with Gasteiger partial charge in [0.05, 0.1) is 31.9 Å². The van der Waals surface area contributed by atoms with Crippen molar-refractivity contribution in [1.29, 1.82) is 0 Å². The summed E-state index contributed by atoms with van der Waals surface area (Å²) in [4.78, 5) is 22.3. The molecule has 0 radical (unpaired) electrons. The molecule has 1 fully saturated rings. The fraction of sp³-hybridized carbons (Fsp3) is 0.333. The number of benzene rings is 2. The number of rotatable bonds is 6. The van der Waals surface area contributed by atoms with Crippen molar-refractivity contribution in [3.63, 3.8) is 0 Å². The maximum Gasteiger partial charge on any atom is 0.225 e. The Morgan fingerprint density at radius 3 is 2.65 bits per heavy atom. The zero-order chi connectivity index (χ0) is 23.5. The molecule has 3 aromatic rings. The van der Waals surface area contributed by atoms with Crippen LogP contribution in [-0.4, -0.2) is 50.8 Å². The molecule has 1 saturated heterocycles. The van der Waals surface area contributed by atoms with Crippen molar-refractivity contribution in [3.8, 4) is 11.5 Å². The number of methoxy groups -OCH3 is 2. The van der Waals surface area contributed by atoms with E-state index in [4.69, 9.17) is 9.47 Å². The van der Waals surface area contributed by atoms with E-state index in [-0.39, 0.29) is 17.9 Å². The summed E-state index contributed by atoms with van der Waals surface area (Å²) >= 11 is 0. The summed E-state index contributed by atoms with van der Waals surface area (Å²) < 4.78 is 11.1. The van der Waals surface area contributed by atoms with Gasteiger partial charge in [-0.3, -0.25) is 9.78 Å². The maximum absolute atomic E-state index is 13.5. The Morgan fingerprint density at radius 1 is 1.03 bits per heavy atom. The number of nitrogens with one attached hydrogen (secondary N) is 1. The summed E-state index contributed by atoms with van der Waals surface area (Å²) in [5.74, 6) is 1.60. The zero-order valence-corrected chi connectivity index (χ0v) is 19.6. The standard InChI is InChI=1S/C27H30N4O3/c1-33-21-8-7-20-15-22(27(32)29-17-19-9-11-28-12-10-19)25-18-30(13-14-31(25)24(20)16-21)23-5-3-4-6-26(23)34-2/h3-12,16,22,25H,13-15,17-18H2,1-2H3,(H,29,32)/t22-,25+/m1/s1. The predicted octanol–water partition coefficient (Wildman–Crippen LogP) is 3.28. The molecule has 176 valence electrons. The van der Waals surface area contributed by atoms with Gasteiger partial charge in [0.1, 0.15) is 11.5 Å². The van der Waals surface area contributed by atoms with Crippen LogP contribution in [0.4, 0.5) is 11.4 Å². The highest BCUT2D eigenvalue weighted by molar-refractivity contribution is 5.82. The van der Waals surface area contributed by atoms with Gasteiger partial charge in [0.25, 0.3) is 0 Å². The van der Waals surface area contributed by atoms with Crippen molar-refractivity contribution >= 4 is 17.3 Å². The van der Waals surface area contributed by atoms with Crippen molar-refractivity contribution in [1.82, 2.24) is 10.3 Å². The molecule has 5 rings (SSSR count). The minimum Gasteiger partial charge on any atom is -0.497 e. The first kappa shape index (κ1) is 22.1. The molecule has 7 nitrogen and oxygen atoms in total. The Kier molecular flexibility index (Phi) is 6.25. The highest BCUT2D eigenvalue weighted by Crippen LogP contribution is 2.40. The van der Waals surface area contributed by atoms with Crippen LogP contribution in [0, 0.1) is 5.92 Å². The van der Waals surface area contributed by atoms with Crippen LogP contribution in [0.15, 0.2) is 67.0 Å². The number of nitrogens with zero attached hydrogens (tertiary/aromatic N) is 3. The van der Waals surface area contributed by atoms with E-state index in [0.717, 1.165) is 42.4 Å². The topological polar surface area (TPSA) is 66.9 Å². The van der Waals surface area contributed by atoms with Crippen molar-refractivity contribution in [3.05, 3.63) is 78.1 Å². The summed E-state index contributed by atoms with van der Waals surface area (Å²) in [5, 5.41) is 3.17. The van der Waals surface area contributed by atoms with Crippen LogP contribution in [-0.2, 0) is 17.8 Å². The lowest BCUT2D eigenvalue weighted by Crippen LogP contribution is -2.61. The monoisotopic (exact) mass is 458 g/mol. The third-order valence-electron chi connectivity index (χ3n) is 6.90. The predicted molar refractivity (Wildman–Crippen MR) is 133 cm³/mol. The van der Waals surface area contributed by atoms with E-state index in [1.54, 1.807) is 26.6 Å². The number of fused-ring (bicyclic) bond motifs is 3. The number of hydrogen-bond donors (Lipinski definition) is 1. The van der Waals surface area contributed by atoms with E-state index in [0.29, 0.717) is 13.0 Å². The average molecular weight is 459 g/mol. The lowest BCUT2D eigenvalue weighted by Gasteiger charge is -2.49. The molecule has 0 unspecified atom stereocenters. The first-order valence-electron chi connectivity index (χ1n) is 11.7. The first-order valence-corrected chi connectivity index (χ1v) is 11.7. The van der Waals surface area contributed by atoms with Gasteiger partial charge in [-0.25, -0.2) is 0 Å². The van der Waals surface area contributed by atoms with Crippen LogP contribution in [0.3, 0.4) is 0 Å². The fourth-order valence-corrected chi connectivity index (χ4v) is 5.14. The van der Waals surface area contributed by atoms with E-state index in [1.165, 1.54) is 11.3 Å². The molecule has 2 atom stereocenters. The van der Waals surface area contributed by atoms with Gasteiger partial charge >= 0.3 is 0 Å². The third kappa shape index (κ3) is 4.25. The summed E-state index contributed by atoms with van der Waals surface area (Å²) in [6.45, 7) is 2.90. The van der Waals surface area contributed by atoms with Gasteiger partial charge in [0.15, 0.2) is 0 Å². The molecule has 7 heteroatoms. The number of aromatic nitrogens is 1. The highest BCUT2D eigenvalue weighted by Gasteiger charge is 2.42. The molecular weight excluding hydrogens is 428 g/mol. The number of carbonyl (C=O) groups excluding carboxylic acids is 1. The largest absolute Gasteiger partial charge is 0.497 e. The van der Waals surface area contributed by atoms with E-state index in [2.05, 4.69) is 38.3 Å². The minimum absolute atomic E-state index is 0.0377. The molecule has 0 saturated carbocycles. The Balaban J connectivity index is 1.44. The summed E-state index contributed by atoms with van der Waals surface area (Å²) in [5.41, 5.74) is 4.46. The van der Waals surface area contributed by atoms with Crippen molar-refractivity contribution < 1.29 is 14.3 Å². The van der Waals surface area contributed by atoms with Gasteiger partial charge in [0, 0.05) is 50.3 Å². The van der Waals surface area contributed by atoms with Crippen LogP contribution >= 0.6 is 0 Å². The average Bonchev–Trinajstić information content (AvgIpc) is 2.91. The lowest BCUT2D eigenvalue weighted by molar-refractivity contribution is -0.126. The van der Waals surface area contributed by atoms with Crippen LogP contribution in [0.25, 0.3) is 0 Å².